The van der Waals surface area contributed by atoms with Crippen LogP contribution in [-0.4, -0.2) is 6.47 Å². The van der Waals surface area contributed by atoms with Crippen molar-refractivity contribution in [3.05, 3.63) is 0 Å². The number of alkyl halides is 4. The Balaban J connectivity index is 1.80. The molecule has 5 fully saturated rings. The van der Waals surface area contributed by atoms with Gasteiger partial charge >= 0.3 is 0 Å². The fourth-order valence-corrected chi connectivity index (χ4v) is 13.2. The standard InChI is InChI=1S/C13H14Br4/c14-12(15)8-3-1-5-10(8,12)11-6-2-4-9(11,7-8)13(11,16)17/h1-7H2/t8-,9-,10-,11-/m0/s1. The molecule has 4 heteroatoms. The summed E-state index contributed by atoms with van der Waals surface area (Å²) in [5.74, 6) is 0. The van der Waals surface area contributed by atoms with Gasteiger partial charge in [-0.25, -0.2) is 0 Å². The first-order chi connectivity index (χ1) is 7.87. The first kappa shape index (κ1) is 11.6. The Bertz CT molecular complexity index is 430. The fourth-order valence-electron chi connectivity index (χ4n) is 7.18. The average Bonchev–Trinajstić information content (AvgIpc) is 2.73. The molecule has 17 heavy (non-hydrogen) atoms. The third-order valence-electron chi connectivity index (χ3n) is 7.43. The van der Waals surface area contributed by atoms with E-state index in [2.05, 4.69) is 63.7 Å². The van der Waals surface area contributed by atoms with Crippen molar-refractivity contribution in [3.63, 3.8) is 0 Å². The Labute approximate surface area is 136 Å². The molecule has 0 amide bonds. The van der Waals surface area contributed by atoms with E-state index in [4.69, 9.17) is 0 Å². The minimum Gasteiger partial charge on any atom is -0.0714 e. The first-order valence-corrected chi connectivity index (χ1v) is 9.80. The molecular formula is C13H14Br4. The van der Waals surface area contributed by atoms with E-state index >= 15 is 0 Å². The van der Waals surface area contributed by atoms with Gasteiger partial charge in [-0.1, -0.05) is 76.6 Å². The summed E-state index contributed by atoms with van der Waals surface area (Å²) in [4.78, 5) is 0. The van der Waals surface area contributed by atoms with E-state index in [1.54, 1.807) is 0 Å². The number of hydrogen-bond donors (Lipinski definition) is 0. The van der Waals surface area contributed by atoms with E-state index in [0.29, 0.717) is 21.7 Å². The van der Waals surface area contributed by atoms with Gasteiger partial charge in [0.05, 0.1) is 6.47 Å². The second-order valence-electron chi connectivity index (χ2n) is 7.01. The zero-order valence-electron chi connectivity index (χ0n) is 9.46. The van der Waals surface area contributed by atoms with Gasteiger partial charge in [0.15, 0.2) is 0 Å². The van der Waals surface area contributed by atoms with Crippen LogP contribution in [0, 0.1) is 21.7 Å². The Morgan fingerprint density at radius 2 is 1.00 bits per heavy atom. The lowest BCUT2D eigenvalue weighted by atomic mass is 9.81. The van der Waals surface area contributed by atoms with Gasteiger partial charge in [-0.05, 0) is 32.1 Å². The zero-order valence-corrected chi connectivity index (χ0v) is 15.8. The monoisotopic (exact) mass is 486 g/mol. The summed E-state index contributed by atoms with van der Waals surface area (Å²) in [6, 6.07) is 0. The molecule has 0 aromatic rings. The quantitative estimate of drug-likeness (QED) is 0.383. The molecule has 0 saturated heterocycles. The smallest absolute Gasteiger partial charge is 0.0714 e. The Hall–Kier alpha value is 1.92. The highest BCUT2D eigenvalue weighted by molar-refractivity contribution is 9.26. The van der Waals surface area contributed by atoms with E-state index in [-0.39, 0.29) is 6.47 Å². The van der Waals surface area contributed by atoms with Crippen LogP contribution in [0.2, 0.25) is 0 Å². The molecule has 0 unspecified atom stereocenters. The predicted molar refractivity (Wildman–Crippen MR) is 83.2 cm³/mol. The predicted octanol–water partition coefficient (Wildman–Crippen LogP) is 5.70. The normalized spacial score (nSPS) is 67.1. The second kappa shape index (κ2) is 2.54. The molecule has 0 heterocycles. The van der Waals surface area contributed by atoms with Crippen molar-refractivity contribution < 1.29 is 0 Å². The van der Waals surface area contributed by atoms with E-state index < -0.39 is 0 Å². The highest BCUT2D eigenvalue weighted by Gasteiger charge is 3.10. The summed E-state index contributed by atoms with van der Waals surface area (Å²) in [6.45, 7) is 0. The topological polar surface area (TPSA) is 0 Å². The highest BCUT2D eigenvalue weighted by Crippen LogP contribution is 3.12. The van der Waals surface area contributed by atoms with Crippen molar-refractivity contribution in [2.75, 3.05) is 0 Å². The summed E-state index contributed by atoms with van der Waals surface area (Å²) in [6.07, 6.45) is 10.0. The van der Waals surface area contributed by atoms with Crippen LogP contribution in [-0.2, 0) is 0 Å². The van der Waals surface area contributed by atoms with Crippen molar-refractivity contribution >= 4 is 63.7 Å². The molecule has 0 radical (unpaired) electrons. The van der Waals surface area contributed by atoms with Crippen molar-refractivity contribution in [3.8, 4) is 0 Å². The number of rotatable bonds is 0. The summed E-state index contributed by atoms with van der Waals surface area (Å²) < 4.78 is 0.491. The fraction of sp³-hybridized carbons (Fsp3) is 1.00. The van der Waals surface area contributed by atoms with Gasteiger partial charge in [0.25, 0.3) is 0 Å². The van der Waals surface area contributed by atoms with Crippen LogP contribution in [0.4, 0.5) is 0 Å². The van der Waals surface area contributed by atoms with E-state index in [9.17, 15) is 0 Å². The maximum atomic E-state index is 4.08. The lowest BCUT2D eigenvalue weighted by Gasteiger charge is -2.29. The van der Waals surface area contributed by atoms with E-state index in [1.165, 1.54) is 44.9 Å². The van der Waals surface area contributed by atoms with Gasteiger partial charge in [-0.3, -0.25) is 0 Å². The molecular weight excluding hydrogens is 476 g/mol. The van der Waals surface area contributed by atoms with Crippen LogP contribution in [0.3, 0.4) is 0 Å². The van der Waals surface area contributed by atoms with Crippen LogP contribution in [0.15, 0.2) is 0 Å². The molecule has 0 aliphatic heterocycles. The van der Waals surface area contributed by atoms with Gasteiger partial charge in [0.1, 0.15) is 0 Å². The van der Waals surface area contributed by atoms with Crippen LogP contribution in [0.5, 0.6) is 0 Å². The molecule has 0 bridgehead atoms. The molecule has 0 aromatic heterocycles. The van der Waals surface area contributed by atoms with Crippen LogP contribution >= 0.6 is 63.7 Å². The molecule has 0 nitrogen and oxygen atoms in total. The molecule has 4 atom stereocenters. The van der Waals surface area contributed by atoms with Gasteiger partial charge in [0.2, 0.25) is 0 Å². The molecule has 5 rings (SSSR count). The van der Waals surface area contributed by atoms with Crippen molar-refractivity contribution in [2.24, 2.45) is 21.7 Å². The van der Waals surface area contributed by atoms with E-state index in [0.717, 1.165) is 0 Å². The van der Waals surface area contributed by atoms with Gasteiger partial charge in [-0.15, -0.1) is 0 Å². The third-order valence-corrected chi connectivity index (χ3v) is 13.2. The average molecular weight is 490 g/mol. The Kier molecular flexibility index (Phi) is 1.73. The van der Waals surface area contributed by atoms with Crippen molar-refractivity contribution in [1.82, 2.24) is 0 Å². The largest absolute Gasteiger partial charge is 0.0936 e. The maximum absolute atomic E-state index is 4.08. The minimum absolute atomic E-state index is 0.245. The Morgan fingerprint density at radius 1 is 0.588 bits per heavy atom. The molecule has 0 N–H and O–H groups in total. The van der Waals surface area contributed by atoms with Gasteiger partial charge in [0, 0.05) is 21.7 Å². The maximum Gasteiger partial charge on any atom is 0.0936 e. The second-order valence-corrected chi connectivity index (χ2v) is 13.9. The molecule has 0 aromatic carbocycles. The van der Waals surface area contributed by atoms with Gasteiger partial charge < -0.3 is 0 Å². The van der Waals surface area contributed by atoms with Crippen LogP contribution in [0.25, 0.3) is 0 Å². The van der Waals surface area contributed by atoms with Crippen LogP contribution in [0.1, 0.15) is 44.9 Å². The van der Waals surface area contributed by atoms with Crippen molar-refractivity contribution in [1.29, 1.82) is 0 Å². The Morgan fingerprint density at radius 3 is 1.41 bits per heavy atom. The van der Waals surface area contributed by atoms with Crippen molar-refractivity contribution in [2.45, 2.75) is 51.4 Å². The minimum atomic E-state index is 0.245. The lowest BCUT2D eigenvalue weighted by Crippen LogP contribution is -2.26. The number of halogens is 4. The molecule has 5 saturated carbocycles. The third kappa shape index (κ3) is 0.661. The van der Waals surface area contributed by atoms with Gasteiger partial charge in [-0.2, -0.15) is 0 Å². The molecule has 5 aliphatic carbocycles. The van der Waals surface area contributed by atoms with Crippen LogP contribution < -0.4 is 0 Å². The highest BCUT2D eigenvalue weighted by atomic mass is 79.9. The SMILES string of the molecule is BrC1(Br)[C@]23CCC[C@]12[C@]12CCC[C@@]1(C3)C2(Br)Br. The molecule has 0 spiro atoms. The summed E-state index contributed by atoms with van der Waals surface area (Å²) >= 11 is 16.3. The number of hydrogen-bond acceptors (Lipinski definition) is 0. The summed E-state index contributed by atoms with van der Waals surface area (Å²) in [5, 5.41) is 0. The zero-order chi connectivity index (χ0) is 11.9. The first-order valence-electron chi connectivity index (χ1n) is 6.63. The summed E-state index contributed by atoms with van der Waals surface area (Å²) in [7, 11) is 0. The molecule has 94 valence electrons. The lowest BCUT2D eigenvalue weighted by molar-refractivity contribution is 0.253. The van der Waals surface area contributed by atoms with E-state index in [1.807, 2.05) is 0 Å². The molecule has 5 aliphatic rings. The summed E-state index contributed by atoms with van der Waals surface area (Å²) in [5.41, 5.74) is 2.20.